The lowest BCUT2D eigenvalue weighted by Crippen LogP contribution is -2.21. The van der Waals surface area contributed by atoms with E-state index in [1.807, 2.05) is 20.9 Å². The summed E-state index contributed by atoms with van der Waals surface area (Å²) < 4.78 is 11.4. The van der Waals surface area contributed by atoms with Crippen LogP contribution in [-0.4, -0.2) is 26.8 Å². The summed E-state index contributed by atoms with van der Waals surface area (Å²) in [5.74, 6) is 3.15. The van der Waals surface area contributed by atoms with Crippen molar-refractivity contribution in [2.24, 2.45) is 5.92 Å². The number of ether oxygens (including phenoxy) is 2. The molecule has 1 saturated carbocycles. The molecule has 1 fully saturated rings. The minimum Gasteiger partial charge on any atom is -0.490 e. The molecule has 0 aliphatic heterocycles. The summed E-state index contributed by atoms with van der Waals surface area (Å²) in [4.78, 5) is 0. The first-order valence-corrected chi connectivity index (χ1v) is 7.84. The maximum Gasteiger partial charge on any atom is 0.161 e. The van der Waals surface area contributed by atoms with Crippen LogP contribution in [-0.2, 0) is 0 Å². The van der Waals surface area contributed by atoms with Crippen molar-refractivity contribution in [1.29, 1.82) is 0 Å². The van der Waals surface area contributed by atoms with Crippen LogP contribution in [0.5, 0.6) is 11.5 Å². The highest BCUT2D eigenvalue weighted by Gasteiger charge is 2.28. The second-order valence-electron chi connectivity index (χ2n) is 5.43. The molecular weight excluding hydrogens is 250 g/mol. The second-order valence-corrected chi connectivity index (χ2v) is 5.43. The summed E-state index contributed by atoms with van der Waals surface area (Å²) in [7, 11) is 2.04. The fraction of sp³-hybridized carbons (Fsp3) is 0.647. The molecule has 3 heteroatoms. The smallest absolute Gasteiger partial charge is 0.161 e. The van der Waals surface area contributed by atoms with Gasteiger partial charge in [-0.2, -0.15) is 0 Å². The molecule has 1 aliphatic rings. The molecule has 0 radical (unpaired) electrons. The van der Waals surface area contributed by atoms with Gasteiger partial charge < -0.3 is 14.8 Å². The van der Waals surface area contributed by atoms with Crippen molar-refractivity contribution < 1.29 is 9.47 Å². The Morgan fingerprint density at radius 2 is 1.85 bits per heavy atom. The van der Waals surface area contributed by atoms with E-state index in [4.69, 9.17) is 9.47 Å². The van der Waals surface area contributed by atoms with Crippen molar-refractivity contribution in [1.82, 2.24) is 5.32 Å². The van der Waals surface area contributed by atoms with Gasteiger partial charge in [0.1, 0.15) is 0 Å². The molecule has 1 aromatic rings. The molecule has 0 spiro atoms. The van der Waals surface area contributed by atoms with E-state index in [1.165, 1.54) is 24.8 Å². The average Bonchev–Trinajstić information content (AvgIpc) is 2.90. The van der Waals surface area contributed by atoms with Gasteiger partial charge in [0.15, 0.2) is 11.5 Å². The minimum absolute atomic E-state index is 0.650. The van der Waals surface area contributed by atoms with Crippen LogP contribution >= 0.6 is 0 Å². The van der Waals surface area contributed by atoms with E-state index in [2.05, 4.69) is 23.5 Å². The molecule has 112 valence electrons. The number of hydrogen-bond acceptors (Lipinski definition) is 3. The van der Waals surface area contributed by atoms with E-state index in [0.717, 1.165) is 24.0 Å². The zero-order valence-electron chi connectivity index (χ0n) is 12.9. The maximum atomic E-state index is 5.74. The third-order valence-corrected chi connectivity index (χ3v) is 4.12. The Hall–Kier alpha value is -1.22. The summed E-state index contributed by atoms with van der Waals surface area (Å²) in [6, 6.07) is 6.47. The first kappa shape index (κ1) is 15.2. The van der Waals surface area contributed by atoms with Gasteiger partial charge in [0.25, 0.3) is 0 Å². The third-order valence-electron chi connectivity index (χ3n) is 4.12. The summed E-state index contributed by atoms with van der Waals surface area (Å²) in [5, 5.41) is 3.32. The van der Waals surface area contributed by atoms with Crippen LogP contribution in [0.15, 0.2) is 18.2 Å². The van der Waals surface area contributed by atoms with E-state index < -0.39 is 0 Å². The minimum atomic E-state index is 0.650. The highest BCUT2D eigenvalue weighted by atomic mass is 16.5. The Kier molecular flexibility index (Phi) is 5.72. The lowest BCUT2D eigenvalue weighted by molar-refractivity contribution is 0.287. The Bertz CT molecular complexity index is 419. The van der Waals surface area contributed by atoms with Crippen LogP contribution in [0.1, 0.15) is 44.6 Å². The zero-order chi connectivity index (χ0) is 14.4. The van der Waals surface area contributed by atoms with Crippen molar-refractivity contribution in [2.45, 2.75) is 39.0 Å². The lowest BCUT2D eigenvalue weighted by atomic mass is 9.88. The number of nitrogens with one attached hydrogen (secondary N) is 1. The SMILES string of the molecule is CCOc1ccc(C2CCCC2CNC)cc1OCC. The number of benzene rings is 1. The van der Waals surface area contributed by atoms with Crippen LogP contribution < -0.4 is 14.8 Å². The van der Waals surface area contributed by atoms with E-state index in [1.54, 1.807) is 0 Å². The van der Waals surface area contributed by atoms with Crippen molar-refractivity contribution in [3.05, 3.63) is 23.8 Å². The molecule has 0 aromatic heterocycles. The van der Waals surface area contributed by atoms with Crippen LogP contribution in [0.2, 0.25) is 0 Å². The molecular formula is C17H27NO2. The molecule has 0 amide bonds. The Balaban J connectivity index is 2.21. The zero-order valence-corrected chi connectivity index (χ0v) is 12.9. The highest BCUT2D eigenvalue weighted by Crippen LogP contribution is 2.41. The van der Waals surface area contributed by atoms with Crippen molar-refractivity contribution in [3.63, 3.8) is 0 Å². The van der Waals surface area contributed by atoms with Gasteiger partial charge in [-0.1, -0.05) is 12.5 Å². The number of hydrogen-bond donors (Lipinski definition) is 1. The van der Waals surface area contributed by atoms with E-state index >= 15 is 0 Å². The molecule has 2 unspecified atom stereocenters. The highest BCUT2D eigenvalue weighted by molar-refractivity contribution is 5.44. The van der Waals surface area contributed by atoms with Crippen LogP contribution in [0, 0.1) is 5.92 Å². The van der Waals surface area contributed by atoms with Gasteiger partial charge in [-0.15, -0.1) is 0 Å². The van der Waals surface area contributed by atoms with Gasteiger partial charge >= 0.3 is 0 Å². The molecule has 2 atom stereocenters. The van der Waals surface area contributed by atoms with Gasteiger partial charge in [0.2, 0.25) is 0 Å². The summed E-state index contributed by atoms with van der Waals surface area (Å²) in [6.45, 7) is 6.46. The largest absolute Gasteiger partial charge is 0.490 e. The molecule has 20 heavy (non-hydrogen) atoms. The average molecular weight is 277 g/mol. The molecule has 3 nitrogen and oxygen atoms in total. The maximum absolute atomic E-state index is 5.74. The molecule has 1 N–H and O–H groups in total. The van der Waals surface area contributed by atoms with Gasteiger partial charge in [-0.3, -0.25) is 0 Å². The van der Waals surface area contributed by atoms with E-state index in [9.17, 15) is 0 Å². The second kappa shape index (κ2) is 7.53. The number of rotatable bonds is 7. The first-order chi connectivity index (χ1) is 9.80. The third kappa shape index (κ3) is 3.45. The standard InChI is InChI=1S/C17H27NO2/c1-4-19-16-10-9-13(11-17(16)20-5-2)15-8-6-7-14(15)12-18-3/h9-11,14-15,18H,4-8,12H2,1-3H3. The Morgan fingerprint density at radius 3 is 2.55 bits per heavy atom. The van der Waals surface area contributed by atoms with Crippen molar-refractivity contribution in [3.8, 4) is 11.5 Å². The van der Waals surface area contributed by atoms with Gasteiger partial charge in [-0.25, -0.2) is 0 Å². The lowest BCUT2D eigenvalue weighted by Gasteiger charge is -2.21. The van der Waals surface area contributed by atoms with E-state index in [0.29, 0.717) is 19.1 Å². The summed E-state index contributed by atoms with van der Waals surface area (Å²) in [5.41, 5.74) is 1.40. The van der Waals surface area contributed by atoms with Gasteiger partial charge in [0, 0.05) is 0 Å². The van der Waals surface area contributed by atoms with E-state index in [-0.39, 0.29) is 0 Å². The fourth-order valence-corrected chi connectivity index (χ4v) is 3.28. The quantitative estimate of drug-likeness (QED) is 0.826. The molecule has 2 rings (SSSR count). The molecule has 0 saturated heterocycles. The van der Waals surface area contributed by atoms with Crippen LogP contribution in [0.25, 0.3) is 0 Å². The summed E-state index contributed by atoms with van der Waals surface area (Å²) >= 11 is 0. The van der Waals surface area contributed by atoms with Crippen LogP contribution in [0.4, 0.5) is 0 Å². The van der Waals surface area contributed by atoms with Crippen molar-refractivity contribution in [2.75, 3.05) is 26.8 Å². The monoisotopic (exact) mass is 277 g/mol. The fourth-order valence-electron chi connectivity index (χ4n) is 3.28. The Morgan fingerprint density at radius 1 is 1.10 bits per heavy atom. The molecule has 1 aliphatic carbocycles. The van der Waals surface area contributed by atoms with Gasteiger partial charge in [0.05, 0.1) is 13.2 Å². The molecule has 0 bridgehead atoms. The molecule has 1 aromatic carbocycles. The van der Waals surface area contributed by atoms with Crippen molar-refractivity contribution >= 4 is 0 Å². The van der Waals surface area contributed by atoms with Crippen LogP contribution in [0.3, 0.4) is 0 Å². The first-order valence-electron chi connectivity index (χ1n) is 7.84. The predicted octanol–water partition coefficient (Wildman–Crippen LogP) is 3.59. The molecule has 0 heterocycles. The normalized spacial score (nSPS) is 21.9. The Labute approximate surface area is 122 Å². The van der Waals surface area contributed by atoms with Gasteiger partial charge in [-0.05, 0) is 69.8 Å². The summed E-state index contributed by atoms with van der Waals surface area (Å²) in [6.07, 6.45) is 3.93. The topological polar surface area (TPSA) is 30.5 Å². The predicted molar refractivity (Wildman–Crippen MR) is 82.8 cm³/mol.